The highest BCUT2D eigenvalue weighted by Gasteiger charge is 2.39. The van der Waals surface area contributed by atoms with Crippen LogP contribution in [0.2, 0.25) is 0 Å². The van der Waals surface area contributed by atoms with Gasteiger partial charge in [-0.3, -0.25) is 0 Å². The Balaban J connectivity index is 0.000000367. The molecule has 1 saturated heterocycles. The summed E-state index contributed by atoms with van der Waals surface area (Å²) in [6.07, 6.45) is -8.71. The van der Waals surface area contributed by atoms with E-state index < -0.39 is 24.3 Å². The lowest BCUT2D eigenvalue weighted by atomic mass is 9.84. The number of methoxy groups -OCH3 is 1. The van der Waals surface area contributed by atoms with Crippen LogP contribution in [-0.4, -0.2) is 74.5 Å². The Kier molecular flexibility index (Phi) is 10.3. The van der Waals surface area contributed by atoms with Crippen LogP contribution >= 0.6 is 0 Å². The predicted molar refractivity (Wildman–Crippen MR) is 134 cm³/mol. The number of nitrogens with one attached hydrogen (secondary N) is 1. The third kappa shape index (κ3) is 7.34. The van der Waals surface area contributed by atoms with Crippen molar-refractivity contribution in [2.24, 2.45) is 0 Å². The molecular weight excluding hydrogens is 580 g/mol. The van der Waals surface area contributed by atoms with Gasteiger partial charge in [-0.1, -0.05) is 0 Å². The Morgan fingerprint density at radius 3 is 2.07 bits per heavy atom. The number of hydrogen-bond donors (Lipinski definition) is 4. The maximum Gasteiger partial charge on any atom is 0.490 e. The van der Waals surface area contributed by atoms with Gasteiger partial charge in [0.2, 0.25) is 0 Å². The number of nitrogens with two attached hydrogens (primary N) is 1. The molecule has 228 valence electrons. The van der Waals surface area contributed by atoms with Crippen molar-refractivity contribution in [3.63, 3.8) is 0 Å². The Morgan fingerprint density at radius 1 is 1.14 bits per heavy atom. The summed E-state index contributed by atoms with van der Waals surface area (Å²) < 4.78 is 71.2. The van der Waals surface area contributed by atoms with Crippen LogP contribution in [0, 0.1) is 25.2 Å². The molecule has 5 N–H and O–H groups in total. The molecule has 3 aromatic rings. The third-order valence-electron chi connectivity index (χ3n) is 6.04. The fraction of sp³-hybridized carbons (Fsp3) is 0.417. The van der Waals surface area contributed by atoms with Crippen molar-refractivity contribution in [1.82, 2.24) is 25.1 Å². The number of rotatable bonds is 4. The molecule has 1 aliphatic rings. The van der Waals surface area contributed by atoms with Gasteiger partial charge in [0, 0.05) is 30.1 Å². The van der Waals surface area contributed by atoms with Gasteiger partial charge in [0.05, 0.1) is 35.9 Å². The summed E-state index contributed by atoms with van der Waals surface area (Å²) in [4.78, 5) is 26.3. The van der Waals surface area contributed by atoms with Crippen LogP contribution in [-0.2, 0) is 9.59 Å². The predicted octanol–water partition coefficient (Wildman–Crippen LogP) is 3.47. The van der Waals surface area contributed by atoms with E-state index in [4.69, 9.17) is 30.3 Å². The average Bonchev–Trinajstić information content (AvgIpc) is 3.19. The third-order valence-corrected chi connectivity index (χ3v) is 6.04. The first kappa shape index (κ1) is 33.5. The second kappa shape index (κ2) is 12.9. The minimum absolute atomic E-state index is 0.154. The van der Waals surface area contributed by atoms with Crippen LogP contribution < -0.4 is 15.8 Å². The number of carbonyl (C=O) groups is 2. The number of ether oxygens (including phenoxy) is 1. The molecule has 3 heterocycles. The minimum Gasteiger partial charge on any atom is -0.496 e. The lowest BCUT2D eigenvalue weighted by Crippen LogP contribution is -2.40. The second-order valence-electron chi connectivity index (χ2n) is 8.84. The number of anilines is 1. The number of alkyl halides is 6. The summed E-state index contributed by atoms with van der Waals surface area (Å²) in [5.74, 6) is -4.07. The number of benzene rings is 1. The normalized spacial score (nSPS) is 13.9. The number of carboxylic acids is 2. The zero-order valence-electron chi connectivity index (χ0n) is 22.4. The van der Waals surface area contributed by atoms with Gasteiger partial charge in [0.1, 0.15) is 17.9 Å². The largest absolute Gasteiger partial charge is 0.496 e. The topological polar surface area (TPSA) is 189 Å². The smallest absolute Gasteiger partial charge is 0.490 e. The maximum absolute atomic E-state index is 10.6. The SMILES string of the molecule is COc1c(C(C)n2nc(C)c3c(N)ncnc32)cc(C)c(C#N)c1C1CNC1.O=C(O)C(F)(F)F.O=C(O)C(F)(F)F. The van der Waals surface area contributed by atoms with Crippen molar-refractivity contribution in [3.05, 3.63) is 40.3 Å². The molecule has 2 aromatic heterocycles. The Labute approximate surface area is 233 Å². The number of fused-ring (bicyclic) bond motifs is 1. The molecule has 1 aliphatic heterocycles. The first-order valence-corrected chi connectivity index (χ1v) is 11.7. The van der Waals surface area contributed by atoms with E-state index in [2.05, 4.69) is 33.4 Å². The number of carboxylic acid groups (broad SMARTS) is 2. The zero-order chi connectivity index (χ0) is 32.2. The molecule has 1 unspecified atom stereocenters. The monoisotopic (exact) mass is 605 g/mol. The van der Waals surface area contributed by atoms with E-state index in [-0.39, 0.29) is 12.0 Å². The second-order valence-corrected chi connectivity index (χ2v) is 8.84. The average molecular weight is 605 g/mol. The fourth-order valence-corrected chi connectivity index (χ4v) is 3.99. The van der Waals surface area contributed by atoms with Gasteiger partial charge in [-0.05, 0) is 32.4 Å². The van der Waals surface area contributed by atoms with E-state index in [0.717, 1.165) is 46.6 Å². The molecule has 1 fully saturated rings. The highest BCUT2D eigenvalue weighted by atomic mass is 19.4. The molecule has 0 aliphatic carbocycles. The molecule has 4 rings (SSSR count). The standard InChI is InChI=1S/C20H23N7O.2C2HF3O2/c1-10-5-14(18(28-4)17(15(10)6-21)13-7-23-8-13)12(3)27-20-16(11(2)26-27)19(22)24-9-25-20;2*3-2(4,5)1(6)7/h5,9,12-13,23H,7-8H2,1-4H3,(H2,22,24,25);2*(H,6,7). The summed E-state index contributed by atoms with van der Waals surface area (Å²) in [5.41, 5.74) is 11.1. The highest BCUT2D eigenvalue weighted by molar-refractivity contribution is 5.88. The fourth-order valence-electron chi connectivity index (χ4n) is 3.99. The molecule has 0 saturated carbocycles. The molecule has 1 atom stereocenters. The summed E-state index contributed by atoms with van der Waals surface area (Å²) in [6, 6.07) is 4.23. The molecule has 18 heteroatoms. The van der Waals surface area contributed by atoms with E-state index >= 15 is 0 Å². The van der Waals surface area contributed by atoms with Gasteiger partial charge < -0.3 is 26.0 Å². The number of aromatic nitrogens is 4. The molecule has 0 radical (unpaired) electrons. The van der Waals surface area contributed by atoms with E-state index in [1.54, 1.807) is 7.11 Å². The van der Waals surface area contributed by atoms with Crippen LogP contribution in [0.5, 0.6) is 5.75 Å². The van der Waals surface area contributed by atoms with E-state index in [1.165, 1.54) is 6.33 Å². The quantitative estimate of drug-likeness (QED) is 0.319. The van der Waals surface area contributed by atoms with Crippen molar-refractivity contribution < 1.29 is 50.9 Å². The van der Waals surface area contributed by atoms with Crippen molar-refractivity contribution in [2.45, 2.75) is 45.1 Å². The maximum atomic E-state index is 10.6. The summed E-state index contributed by atoms with van der Waals surface area (Å²) in [6.45, 7) is 7.61. The molecule has 0 spiro atoms. The van der Waals surface area contributed by atoms with Crippen LogP contribution in [0.15, 0.2) is 12.4 Å². The molecule has 12 nitrogen and oxygen atoms in total. The van der Waals surface area contributed by atoms with Gasteiger partial charge >= 0.3 is 24.3 Å². The number of aryl methyl sites for hydroxylation is 2. The van der Waals surface area contributed by atoms with E-state index in [1.807, 2.05) is 24.6 Å². The molecule has 1 aromatic carbocycles. The molecular formula is C24H25F6N7O5. The molecule has 0 bridgehead atoms. The first-order valence-electron chi connectivity index (χ1n) is 11.7. The first-order chi connectivity index (χ1) is 19.4. The van der Waals surface area contributed by atoms with E-state index in [0.29, 0.717) is 17.0 Å². The Bertz CT molecular complexity index is 1490. The van der Waals surface area contributed by atoms with Crippen molar-refractivity contribution >= 4 is 28.8 Å². The van der Waals surface area contributed by atoms with Gasteiger partial charge in [0.25, 0.3) is 0 Å². The van der Waals surface area contributed by atoms with Gasteiger partial charge in [-0.25, -0.2) is 24.2 Å². The lowest BCUT2D eigenvalue weighted by Gasteiger charge is -2.32. The number of nitriles is 1. The van der Waals surface area contributed by atoms with Crippen LogP contribution in [0.4, 0.5) is 32.2 Å². The lowest BCUT2D eigenvalue weighted by molar-refractivity contribution is -0.193. The Hall–Kier alpha value is -4.66. The number of nitrogen functional groups attached to an aromatic ring is 1. The van der Waals surface area contributed by atoms with Crippen LogP contribution in [0.25, 0.3) is 11.0 Å². The van der Waals surface area contributed by atoms with Crippen molar-refractivity contribution in [2.75, 3.05) is 25.9 Å². The number of nitrogens with zero attached hydrogens (tertiary/aromatic N) is 5. The van der Waals surface area contributed by atoms with Gasteiger partial charge in [0.15, 0.2) is 5.65 Å². The summed E-state index contributed by atoms with van der Waals surface area (Å²) in [7, 11) is 1.66. The van der Waals surface area contributed by atoms with Gasteiger partial charge in [-0.2, -0.15) is 36.7 Å². The summed E-state index contributed by atoms with van der Waals surface area (Å²) in [5, 5.41) is 32.7. The van der Waals surface area contributed by atoms with Crippen LogP contribution in [0.1, 0.15) is 46.8 Å². The number of hydrogen-bond acceptors (Lipinski definition) is 9. The van der Waals surface area contributed by atoms with Crippen molar-refractivity contribution in [3.8, 4) is 11.8 Å². The molecule has 0 amide bonds. The number of aliphatic carboxylic acids is 2. The minimum atomic E-state index is -5.08. The highest BCUT2D eigenvalue weighted by Crippen LogP contribution is 2.41. The molecule has 42 heavy (non-hydrogen) atoms. The zero-order valence-corrected chi connectivity index (χ0v) is 22.4. The van der Waals surface area contributed by atoms with Crippen LogP contribution in [0.3, 0.4) is 0 Å². The summed E-state index contributed by atoms with van der Waals surface area (Å²) >= 11 is 0. The Morgan fingerprint density at radius 2 is 1.67 bits per heavy atom. The van der Waals surface area contributed by atoms with E-state index in [9.17, 15) is 31.6 Å². The van der Waals surface area contributed by atoms with Gasteiger partial charge in [-0.15, -0.1) is 0 Å². The van der Waals surface area contributed by atoms with Crippen molar-refractivity contribution in [1.29, 1.82) is 5.26 Å². The number of halogens is 6.